The van der Waals surface area contributed by atoms with E-state index in [1.807, 2.05) is 0 Å². The van der Waals surface area contributed by atoms with Gasteiger partial charge < -0.3 is 5.11 Å². The second-order valence-corrected chi connectivity index (χ2v) is 5.03. The zero-order valence-electron chi connectivity index (χ0n) is 9.60. The van der Waals surface area contributed by atoms with Crippen molar-refractivity contribution in [2.24, 2.45) is 0 Å². The van der Waals surface area contributed by atoms with Crippen LogP contribution in [0.5, 0.6) is 5.88 Å². The Hall–Kier alpha value is -1.55. The molecule has 1 rings (SSSR count). The lowest BCUT2D eigenvalue weighted by Crippen LogP contribution is -2.26. The molecular weight excluding hydrogens is 291 g/mol. The zero-order valence-corrected chi connectivity index (χ0v) is 10.4. The van der Waals surface area contributed by atoms with Gasteiger partial charge in [-0.3, -0.25) is 13.9 Å². The number of rotatable bonds is 3. The molecule has 0 bridgehead atoms. The largest absolute Gasteiger partial charge is 0.493 e. The van der Waals surface area contributed by atoms with Crippen molar-refractivity contribution in [2.75, 3.05) is 0 Å². The molecule has 0 amide bonds. The first-order chi connectivity index (χ1) is 8.50. The van der Waals surface area contributed by atoms with Crippen molar-refractivity contribution in [3.05, 3.63) is 22.0 Å². The van der Waals surface area contributed by atoms with Gasteiger partial charge in [0.05, 0.1) is 5.56 Å². The summed E-state index contributed by atoms with van der Waals surface area (Å²) in [4.78, 5) is 9.69. The molecule has 0 radical (unpaired) electrons. The third-order valence-electron chi connectivity index (χ3n) is 2.25. The van der Waals surface area contributed by atoms with Crippen LogP contribution in [0.3, 0.4) is 0 Å². The van der Waals surface area contributed by atoms with E-state index in [1.165, 1.54) is 0 Å². The summed E-state index contributed by atoms with van der Waals surface area (Å²) < 4.78 is 69.0. The Balaban J connectivity index is 3.84. The van der Waals surface area contributed by atoms with E-state index in [0.717, 1.165) is 0 Å². The van der Waals surface area contributed by atoms with Gasteiger partial charge in [0, 0.05) is 12.6 Å². The van der Waals surface area contributed by atoms with Gasteiger partial charge in [-0.2, -0.15) is 21.6 Å². The van der Waals surface area contributed by atoms with Crippen molar-refractivity contribution in [3.8, 4) is 5.88 Å². The van der Waals surface area contributed by atoms with Gasteiger partial charge >= 0.3 is 6.18 Å². The SMILES string of the molecule is CCCn1c(O)c(S(=O)(=O)O)c(C(F)(F)F)cc1=O. The summed E-state index contributed by atoms with van der Waals surface area (Å²) in [5, 5.41) is 9.50. The van der Waals surface area contributed by atoms with Gasteiger partial charge in [-0.05, 0) is 6.42 Å². The predicted molar refractivity (Wildman–Crippen MR) is 57.5 cm³/mol. The summed E-state index contributed by atoms with van der Waals surface area (Å²) in [6.07, 6.45) is -4.93. The van der Waals surface area contributed by atoms with Gasteiger partial charge in [-0.1, -0.05) is 6.92 Å². The van der Waals surface area contributed by atoms with Crippen molar-refractivity contribution >= 4 is 10.1 Å². The first kappa shape index (κ1) is 15.5. The second-order valence-electron chi connectivity index (χ2n) is 3.67. The smallest absolute Gasteiger partial charge is 0.418 e. The molecule has 0 spiro atoms. The van der Waals surface area contributed by atoms with E-state index >= 15 is 0 Å². The van der Waals surface area contributed by atoms with Crippen molar-refractivity contribution in [2.45, 2.75) is 31.0 Å². The van der Waals surface area contributed by atoms with Gasteiger partial charge in [0.25, 0.3) is 15.7 Å². The van der Waals surface area contributed by atoms with Crippen LogP contribution in [0.15, 0.2) is 15.8 Å². The van der Waals surface area contributed by atoms with Crippen molar-refractivity contribution < 1.29 is 31.2 Å². The highest BCUT2D eigenvalue weighted by Gasteiger charge is 2.40. The van der Waals surface area contributed by atoms with E-state index in [2.05, 4.69) is 0 Å². The van der Waals surface area contributed by atoms with E-state index in [4.69, 9.17) is 4.55 Å². The topological polar surface area (TPSA) is 96.6 Å². The maximum Gasteiger partial charge on any atom is 0.418 e. The van der Waals surface area contributed by atoms with E-state index in [0.29, 0.717) is 4.57 Å². The number of hydrogen-bond donors (Lipinski definition) is 2. The normalized spacial score (nSPS) is 12.7. The third kappa shape index (κ3) is 3.07. The molecule has 6 nitrogen and oxygen atoms in total. The molecule has 2 N–H and O–H groups in total. The molecule has 0 saturated heterocycles. The van der Waals surface area contributed by atoms with Crippen molar-refractivity contribution in [3.63, 3.8) is 0 Å². The number of alkyl halides is 3. The Morgan fingerprint density at radius 2 is 1.89 bits per heavy atom. The first-order valence-corrected chi connectivity index (χ1v) is 6.45. The van der Waals surface area contributed by atoms with Gasteiger partial charge in [-0.15, -0.1) is 0 Å². The standard InChI is InChI=1S/C9H10F3NO5S/c1-2-3-13-6(14)4-5(9(10,11)12)7(8(13)15)19(16,17)18/h4,15H,2-3H2,1H3,(H,16,17,18). The van der Waals surface area contributed by atoms with Crippen LogP contribution in [0.1, 0.15) is 18.9 Å². The minimum atomic E-state index is -5.33. The first-order valence-electron chi connectivity index (χ1n) is 5.01. The maximum absolute atomic E-state index is 12.6. The number of halogens is 3. The Kier molecular flexibility index (Phi) is 3.96. The monoisotopic (exact) mass is 301 g/mol. The molecule has 0 fully saturated rings. The van der Waals surface area contributed by atoms with Crippen LogP contribution in [0, 0.1) is 0 Å². The van der Waals surface area contributed by atoms with Crippen LogP contribution < -0.4 is 5.56 Å². The molecule has 10 heteroatoms. The van der Waals surface area contributed by atoms with Gasteiger partial charge in [0.15, 0.2) is 4.90 Å². The molecule has 0 unspecified atom stereocenters. The van der Waals surface area contributed by atoms with Crippen LogP contribution in [0.4, 0.5) is 13.2 Å². The highest BCUT2D eigenvalue weighted by atomic mass is 32.2. The molecule has 0 saturated carbocycles. The lowest BCUT2D eigenvalue weighted by atomic mass is 10.2. The predicted octanol–water partition coefficient (Wildman–Crippen LogP) is 1.23. The van der Waals surface area contributed by atoms with Crippen LogP contribution in [-0.2, 0) is 22.8 Å². The average Bonchev–Trinajstić information content (AvgIpc) is 2.19. The zero-order chi connectivity index (χ0) is 15.0. The molecule has 1 heterocycles. The molecule has 0 aliphatic carbocycles. The Morgan fingerprint density at radius 3 is 2.26 bits per heavy atom. The van der Waals surface area contributed by atoms with Crippen LogP contribution in [0.2, 0.25) is 0 Å². The van der Waals surface area contributed by atoms with E-state index in [-0.39, 0.29) is 19.0 Å². The molecule has 108 valence electrons. The molecular formula is C9H10F3NO5S. The van der Waals surface area contributed by atoms with Gasteiger partial charge in [0.1, 0.15) is 0 Å². The quantitative estimate of drug-likeness (QED) is 0.818. The Bertz CT molecular complexity index is 647. The van der Waals surface area contributed by atoms with E-state index in [1.54, 1.807) is 6.92 Å². The van der Waals surface area contributed by atoms with Crippen LogP contribution >= 0.6 is 0 Å². The number of aromatic hydroxyl groups is 1. The highest BCUT2D eigenvalue weighted by molar-refractivity contribution is 7.86. The van der Waals surface area contributed by atoms with Crippen LogP contribution in [0.25, 0.3) is 0 Å². The second kappa shape index (κ2) is 4.85. The third-order valence-corrected chi connectivity index (χ3v) is 3.17. The van der Waals surface area contributed by atoms with Gasteiger partial charge in [-0.25, -0.2) is 0 Å². The van der Waals surface area contributed by atoms with Crippen LogP contribution in [-0.4, -0.2) is 22.6 Å². The molecule has 1 aromatic heterocycles. The molecule has 1 aromatic rings. The number of nitrogens with zero attached hydrogens (tertiary/aromatic N) is 1. The summed E-state index contributed by atoms with van der Waals surface area (Å²) >= 11 is 0. The maximum atomic E-state index is 12.6. The highest BCUT2D eigenvalue weighted by Crippen LogP contribution is 2.37. The Labute approximate surface area is 105 Å². The fourth-order valence-corrected chi connectivity index (χ4v) is 2.31. The van der Waals surface area contributed by atoms with Gasteiger partial charge in [0.2, 0.25) is 5.88 Å². The summed E-state index contributed by atoms with van der Waals surface area (Å²) in [6, 6.07) is 0.0263. The Morgan fingerprint density at radius 1 is 1.37 bits per heavy atom. The number of pyridine rings is 1. The van der Waals surface area contributed by atoms with Crippen molar-refractivity contribution in [1.29, 1.82) is 0 Å². The average molecular weight is 301 g/mol. The lowest BCUT2D eigenvalue weighted by molar-refractivity contribution is -0.140. The minimum Gasteiger partial charge on any atom is -0.493 e. The summed E-state index contributed by atoms with van der Waals surface area (Å²) in [5.41, 5.74) is -3.11. The molecule has 0 aliphatic heterocycles. The minimum absolute atomic E-state index is 0.0263. The molecule has 19 heavy (non-hydrogen) atoms. The molecule has 0 aromatic carbocycles. The summed E-state index contributed by atoms with van der Waals surface area (Å²) in [7, 11) is -5.33. The molecule has 0 aliphatic rings. The summed E-state index contributed by atoms with van der Waals surface area (Å²) in [6.45, 7) is 1.38. The number of aromatic nitrogens is 1. The summed E-state index contributed by atoms with van der Waals surface area (Å²) in [5.74, 6) is -1.43. The van der Waals surface area contributed by atoms with E-state index < -0.39 is 38.2 Å². The van der Waals surface area contributed by atoms with Crippen molar-refractivity contribution in [1.82, 2.24) is 4.57 Å². The van der Waals surface area contributed by atoms with E-state index in [9.17, 15) is 31.5 Å². The lowest BCUT2D eigenvalue weighted by Gasteiger charge is -2.15. The fourth-order valence-electron chi connectivity index (χ4n) is 1.52. The molecule has 0 atom stereocenters. The fraction of sp³-hybridized carbons (Fsp3) is 0.444. The number of hydrogen-bond acceptors (Lipinski definition) is 4.